The van der Waals surface area contributed by atoms with Crippen LogP contribution in [0.4, 0.5) is 0 Å². The van der Waals surface area contributed by atoms with Gasteiger partial charge >= 0.3 is 11.9 Å². The van der Waals surface area contributed by atoms with Gasteiger partial charge in [-0.1, -0.05) is 5.92 Å². The van der Waals surface area contributed by atoms with Gasteiger partial charge in [-0.15, -0.1) is 6.42 Å². The van der Waals surface area contributed by atoms with Crippen LogP contribution in [0.2, 0.25) is 0 Å². The lowest BCUT2D eigenvalue weighted by atomic mass is 10.3. The summed E-state index contributed by atoms with van der Waals surface area (Å²) in [6.07, 6.45) is 5.22. The zero-order chi connectivity index (χ0) is 9.14. The van der Waals surface area contributed by atoms with Crippen molar-refractivity contribution in [2.24, 2.45) is 11.8 Å². The first kappa shape index (κ1) is 8.60. The molecule has 0 bridgehead atoms. The fourth-order valence-electron chi connectivity index (χ4n) is 0.948. The molecule has 64 valence electrons. The van der Waals surface area contributed by atoms with Gasteiger partial charge in [-0.25, -0.2) is 0 Å². The summed E-state index contributed by atoms with van der Waals surface area (Å²) in [5.41, 5.74) is 0. The van der Waals surface area contributed by atoms with E-state index in [1.165, 1.54) is 0 Å². The van der Waals surface area contributed by atoms with Crippen LogP contribution in [0.15, 0.2) is 0 Å². The number of carboxylic acid groups (broad SMARTS) is 1. The van der Waals surface area contributed by atoms with Crippen LogP contribution in [-0.2, 0) is 14.3 Å². The Morgan fingerprint density at radius 1 is 1.58 bits per heavy atom. The lowest BCUT2D eigenvalue weighted by molar-refractivity contribution is -0.147. The van der Waals surface area contributed by atoms with E-state index in [0.717, 1.165) is 0 Å². The Bertz CT molecular complexity index is 250. The monoisotopic (exact) mass is 168 g/mol. The summed E-state index contributed by atoms with van der Waals surface area (Å²) in [5.74, 6) is -0.347. The maximum absolute atomic E-state index is 10.9. The fraction of sp³-hybridized carbons (Fsp3) is 0.500. The minimum absolute atomic E-state index is 0.0817. The summed E-state index contributed by atoms with van der Waals surface area (Å²) in [7, 11) is 0. The molecule has 0 aromatic rings. The molecule has 1 fully saturated rings. The molecule has 0 unspecified atom stereocenters. The third-order valence-electron chi connectivity index (χ3n) is 1.71. The second-order valence-corrected chi connectivity index (χ2v) is 2.60. The zero-order valence-corrected chi connectivity index (χ0v) is 6.32. The van der Waals surface area contributed by atoms with E-state index < -0.39 is 23.8 Å². The Morgan fingerprint density at radius 3 is 2.67 bits per heavy atom. The number of terminal acetylenes is 1. The Labute approximate surface area is 69.5 Å². The predicted octanol–water partition coefficient (Wildman–Crippen LogP) is -0.117. The van der Waals surface area contributed by atoms with Gasteiger partial charge in [-0.05, 0) is 6.42 Å². The minimum atomic E-state index is -0.947. The largest absolute Gasteiger partial charge is 0.481 e. The summed E-state index contributed by atoms with van der Waals surface area (Å²) in [6.45, 7) is -0.0817. The average molecular weight is 168 g/mol. The van der Waals surface area contributed by atoms with Crippen LogP contribution in [0, 0.1) is 24.2 Å². The second kappa shape index (κ2) is 3.26. The van der Waals surface area contributed by atoms with Gasteiger partial charge in [-0.3, -0.25) is 9.59 Å². The normalized spacial score (nSPS) is 25.6. The van der Waals surface area contributed by atoms with Crippen LogP contribution in [-0.4, -0.2) is 23.7 Å². The van der Waals surface area contributed by atoms with E-state index in [9.17, 15) is 9.59 Å². The van der Waals surface area contributed by atoms with Gasteiger partial charge in [0.25, 0.3) is 0 Å². The Hall–Kier alpha value is -1.50. The number of esters is 1. The number of carbonyl (C=O) groups excluding carboxylic acids is 1. The molecule has 0 aliphatic heterocycles. The standard InChI is InChI=1S/C8H8O4/c1-2-3-12-8(11)6-4-5(6)7(9)10/h1,5-6H,3-4H2,(H,9,10)/t5-,6-/m1/s1. The molecule has 0 amide bonds. The van der Waals surface area contributed by atoms with Crippen molar-refractivity contribution in [3.63, 3.8) is 0 Å². The Balaban J connectivity index is 2.29. The van der Waals surface area contributed by atoms with E-state index >= 15 is 0 Å². The number of aliphatic carboxylic acids is 1. The van der Waals surface area contributed by atoms with E-state index in [1.54, 1.807) is 0 Å². The lowest BCUT2D eigenvalue weighted by Crippen LogP contribution is -2.11. The van der Waals surface area contributed by atoms with Crippen LogP contribution < -0.4 is 0 Å². The van der Waals surface area contributed by atoms with Crippen LogP contribution in [0.5, 0.6) is 0 Å². The third kappa shape index (κ3) is 1.76. The summed E-state index contributed by atoms with van der Waals surface area (Å²) in [6, 6.07) is 0. The average Bonchev–Trinajstić information content (AvgIpc) is 2.78. The molecule has 1 aliphatic rings. The smallest absolute Gasteiger partial charge is 0.310 e. The maximum atomic E-state index is 10.9. The molecule has 0 aromatic heterocycles. The van der Waals surface area contributed by atoms with Gasteiger partial charge in [0.15, 0.2) is 6.61 Å². The quantitative estimate of drug-likeness (QED) is 0.471. The highest BCUT2D eigenvalue weighted by Crippen LogP contribution is 2.39. The summed E-state index contributed by atoms with van der Waals surface area (Å²) >= 11 is 0. The van der Waals surface area contributed by atoms with Crippen molar-refractivity contribution in [1.82, 2.24) is 0 Å². The van der Waals surface area contributed by atoms with Crippen molar-refractivity contribution in [2.45, 2.75) is 6.42 Å². The first-order valence-electron chi connectivity index (χ1n) is 3.49. The number of carbonyl (C=O) groups is 2. The fourth-order valence-corrected chi connectivity index (χ4v) is 0.948. The molecule has 0 aromatic carbocycles. The molecular formula is C8H8O4. The molecule has 2 atom stereocenters. The van der Waals surface area contributed by atoms with Crippen molar-refractivity contribution in [1.29, 1.82) is 0 Å². The van der Waals surface area contributed by atoms with E-state index in [0.29, 0.717) is 6.42 Å². The van der Waals surface area contributed by atoms with Crippen LogP contribution in [0.3, 0.4) is 0 Å². The van der Waals surface area contributed by atoms with E-state index in [4.69, 9.17) is 11.5 Å². The molecular weight excluding hydrogens is 160 g/mol. The first-order chi connectivity index (χ1) is 5.66. The van der Waals surface area contributed by atoms with E-state index in [-0.39, 0.29) is 6.61 Å². The van der Waals surface area contributed by atoms with Crippen molar-refractivity contribution < 1.29 is 19.4 Å². The summed E-state index contributed by atoms with van der Waals surface area (Å²) in [5, 5.41) is 8.45. The van der Waals surface area contributed by atoms with Crippen LogP contribution >= 0.6 is 0 Å². The van der Waals surface area contributed by atoms with E-state index in [2.05, 4.69) is 10.7 Å². The maximum Gasteiger partial charge on any atom is 0.310 e. The Kier molecular flexibility index (Phi) is 2.34. The molecule has 1 rings (SSSR count). The number of hydrogen-bond acceptors (Lipinski definition) is 3. The molecule has 0 saturated heterocycles. The lowest BCUT2D eigenvalue weighted by Gasteiger charge is -1.96. The topological polar surface area (TPSA) is 63.6 Å². The number of hydrogen-bond donors (Lipinski definition) is 1. The van der Waals surface area contributed by atoms with Gasteiger partial charge < -0.3 is 9.84 Å². The molecule has 0 spiro atoms. The van der Waals surface area contributed by atoms with Gasteiger partial charge in [0.2, 0.25) is 0 Å². The summed E-state index contributed by atoms with van der Waals surface area (Å²) in [4.78, 5) is 21.2. The highest BCUT2D eigenvalue weighted by Gasteiger charge is 2.49. The number of carboxylic acids is 1. The van der Waals surface area contributed by atoms with Gasteiger partial charge in [0.1, 0.15) is 0 Å². The van der Waals surface area contributed by atoms with Gasteiger partial charge in [0.05, 0.1) is 11.8 Å². The molecule has 1 N–H and O–H groups in total. The number of rotatable bonds is 3. The Morgan fingerprint density at radius 2 is 2.25 bits per heavy atom. The van der Waals surface area contributed by atoms with Crippen molar-refractivity contribution >= 4 is 11.9 Å². The van der Waals surface area contributed by atoms with Gasteiger partial charge in [0, 0.05) is 0 Å². The number of ether oxygens (including phenoxy) is 1. The van der Waals surface area contributed by atoms with Crippen molar-refractivity contribution in [3.05, 3.63) is 0 Å². The highest BCUT2D eigenvalue weighted by atomic mass is 16.5. The van der Waals surface area contributed by atoms with Gasteiger partial charge in [-0.2, -0.15) is 0 Å². The first-order valence-corrected chi connectivity index (χ1v) is 3.49. The van der Waals surface area contributed by atoms with Crippen LogP contribution in [0.25, 0.3) is 0 Å². The molecule has 12 heavy (non-hydrogen) atoms. The molecule has 4 nitrogen and oxygen atoms in total. The third-order valence-corrected chi connectivity index (χ3v) is 1.71. The second-order valence-electron chi connectivity index (χ2n) is 2.60. The van der Waals surface area contributed by atoms with E-state index in [1.807, 2.05) is 0 Å². The summed E-state index contributed by atoms with van der Waals surface area (Å²) < 4.78 is 4.56. The molecule has 0 heterocycles. The SMILES string of the molecule is C#CCOC(=O)[C@@H]1C[C@H]1C(=O)O. The highest BCUT2D eigenvalue weighted by molar-refractivity contribution is 5.86. The molecule has 1 aliphatic carbocycles. The van der Waals surface area contributed by atoms with Crippen LogP contribution in [0.1, 0.15) is 6.42 Å². The molecule has 0 radical (unpaired) electrons. The molecule has 1 saturated carbocycles. The minimum Gasteiger partial charge on any atom is -0.481 e. The molecule has 4 heteroatoms. The predicted molar refractivity (Wildman–Crippen MR) is 39.0 cm³/mol. The van der Waals surface area contributed by atoms with Crippen molar-refractivity contribution in [3.8, 4) is 12.3 Å². The zero-order valence-electron chi connectivity index (χ0n) is 6.32. The van der Waals surface area contributed by atoms with Crippen molar-refractivity contribution in [2.75, 3.05) is 6.61 Å².